The summed E-state index contributed by atoms with van der Waals surface area (Å²) in [4.78, 5) is 18.7. The molecule has 0 saturated heterocycles. The lowest BCUT2D eigenvalue weighted by Gasteiger charge is -2.30. The van der Waals surface area contributed by atoms with Gasteiger partial charge in [0.05, 0.1) is 12.2 Å². The molecule has 0 spiro atoms. The molecular formula is C23H22F3N3O3. The van der Waals surface area contributed by atoms with E-state index in [2.05, 4.69) is 10.1 Å². The number of amides is 1. The zero-order valence-corrected chi connectivity index (χ0v) is 17.5. The highest BCUT2D eigenvalue weighted by Crippen LogP contribution is 2.35. The Morgan fingerprint density at radius 1 is 1.19 bits per heavy atom. The molecule has 168 valence electrons. The number of anilines is 1. The molecule has 2 aromatic carbocycles. The average Bonchev–Trinajstić information content (AvgIpc) is 3.26. The van der Waals surface area contributed by atoms with Crippen LogP contribution in [0.2, 0.25) is 0 Å². The van der Waals surface area contributed by atoms with Crippen molar-refractivity contribution in [2.75, 3.05) is 18.1 Å². The van der Waals surface area contributed by atoms with Crippen molar-refractivity contribution >= 4 is 11.6 Å². The van der Waals surface area contributed by atoms with Gasteiger partial charge in [-0.25, -0.2) is 0 Å². The lowest BCUT2D eigenvalue weighted by atomic mass is 9.98. The van der Waals surface area contributed by atoms with Crippen LogP contribution >= 0.6 is 0 Å². The van der Waals surface area contributed by atoms with E-state index in [0.29, 0.717) is 49.0 Å². The van der Waals surface area contributed by atoms with Crippen LogP contribution in [0, 0.1) is 0 Å². The number of benzene rings is 2. The van der Waals surface area contributed by atoms with Gasteiger partial charge in [-0.15, -0.1) is 0 Å². The number of alkyl halides is 3. The highest BCUT2D eigenvalue weighted by Gasteiger charge is 2.32. The molecule has 0 bridgehead atoms. The first kappa shape index (κ1) is 21.9. The maximum atomic E-state index is 13.0. The number of carbonyl (C=O) groups is 1. The van der Waals surface area contributed by atoms with E-state index in [1.54, 1.807) is 4.90 Å². The molecule has 1 amide bonds. The van der Waals surface area contributed by atoms with Crippen LogP contribution < -0.4 is 9.64 Å². The fourth-order valence-electron chi connectivity index (χ4n) is 3.72. The van der Waals surface area contributed by atoms with E-state index in [-0.39, 0.29) is 18.7 Å². The second-order valence-corrected chi connectivity index (χ2v) is 7.46. The Hall–Kier alpha value is -3.36. The third-order valence-corrected chi connectivity index (χ3v) is 5.27. The third-order valence-electron chi connectivity index (χ3n) is 5.27. The quantitative estimate of drug-likeness (QED) is 0.530. The van der Waals surface area contributed by atoms with E-state index in [4.69, 9.17) is 9.26 Å². The molecule has 0 radical (unpaired) electrons. The fraction of sp³-hybridized carbons (Fsp3) is 0.348. The summed E-state index contributed by atoms with van der Waals surface area (Å²) in [5.74, 6) is 1.30. The van der Waals surface area contributed by atoms with Gasteiger partial charge in [0.25, 0.3) is 0 Å². The van der Waals surface area contributed by atoms with Crippen molar-refractivity contribution < 1.29 is 27.2 Å². The van der Waals surface area contributed by atoms with Crippen molar-refractivity contribution in [2.24, 2.45) is 0 Å². The van der Waals surface area contributed by atoms with Crippen molar-refractivity contribution in [1.29, 1.82) is 0 Å². The summed E-state index contributed by atoms with van der Waals surface area (Å²) >= 11 is 0. The summed E-state index contributed by atoms with van der Waals surface area (Å²) in [6.45, 7) is 2.95. The number of ether oxygens (including phenoxy) is 1. The van der Waals surface area contributed by atoms with E-state index >= 15 is 0 Å². The van der Waals surface area contributed by atoms with Gasteiger partial charge in [0.1, 0.15) is 5.75 Å². The van der Waals surface area contributed by atoms with Gasteiger partial charge in [0.15, 0.2) is 0 Å². The van der Waals surface area contributed by atoms with E-state index in [1.807, 2.05) is 31.2 Å². The number of nitrogens with zero attached hydrogens (tertiary/aromatic N) is 3. The number of hydrogen-bond acceptors (Lipinski definition) is 5. The summed E-state index contributed by atoms with van der Waals surface area (Å²) in [7, 11) is 0. The number of aryl methyl sites for hydroxylation is 2. The van der Waals surface area contributed by atoms with Crippen LogP contribution in [-0.2, 0) is 23.8 Å². The molecule has 0 aliphatic carbocycles. The lowest BCUT2D eigenvalue weighted by Crippen LogP contribution is -2.35. The van der Waals surface area contributed by atoms with Gasteiger partial charge in [-0.2, -0.15) is 18.2 Å². The molecule has 0 saturated carbocycles. The number of rotatable bonds is 6. The maximum absolute atomic E-state index is 13.0. The van der Waals surface area contributed by atoms with Crippen molar-refractivity contribution in [2.45, 2.75) is 38.8 Å². The van der Waals surface area contributed by atoms with Crippen molar-refractivity contribution in [3.63, 3.8) is 0 Å². The molecule has 1 aromatic heterocycles. The SMILES string of the molecule is CCOc1ccc(-c2noc(CCC(=O)N3CCCc4cc(C(F)(F)F)ccc43)n2)cc1. The van der Waals surface area contributed by atoms with Crippen LogP contribution in [0.15, 0.2) is 47.0 Å². The van der Waals surface area contributed by atoms with Crippen LogP contribution in [-0.4, -0.2) is 29.2 Å². The van der Waals surface area contributed by atoms with Gasteiger partial charge < -0.3 is 14.2 Å². The minimum absolute atomic E-state index is 0.116. The van der Waals surface area contributed by atoms with Crippen LogP contribution in [0.1, 0.15) is 36.8 Å². The molecule has 1 aliphatic heterocycles. The molecule has 2 heterocycles. The molecule has 0 fully saturated rings. The molecule has 0 unspecified atom stereocenters. The minimum Gasteiger partial charge on any atom is -0.494 e. The van der Waals surface area contributed by atoms with Crippen molar-refractivity contribution in [3.05, 3.63) is 59.5 Å². The van der Waals surface area contributed by atoms with Crippen LogP contribution in [0.25, 0.3) is 11.4 Å². The molecule has 4 rings (SSSR count). The normalized spacial score (nSPS) is 13.7. The van der Waals surface area contributed by atoms with Gasteiger partial charge in [-0.05, 0) is 67.8 Å². The lowest BCUT2D eigenvalue weighted by molar-refractivity contribution is -0.137. The smallest absolute Gasteiger partial charge is 0.416 e. The zero-order valence-electron chi connectivity index (χ0n) is 17.5. The average molecular weight is 445 g/mol. The van der Waals surface area contributed by atoms with Gasteiger partial charge in [-0.3, -0.25) is 4.79 Å². The largest absolute Gasteiger partial charge is 0.494 e. The van der Waals surface area contributed by atoms with Gasteiger partial charge >= 0.3 is 6.18 Å². The Morgan fingerprint density at radius 2 is 1.97 bits per heavy atom. The van der Waals surface area contributed by atoms with E-state index in [1.165, 1.54) is 6.07 Å². The van der Waals surface area contributed by atoms with Gasteiger partial charge in [-0.1, -0.05) is 5.16 Å². The van der Waals surface area contributed by atoms with E-state index < -0.39 is 11.7 Å². The molecule has 1 aliphatic rings. The first-order chi connectivity index (χ1) is 15.3. The summed E-state index contributed by atoms with van der Waals surface area (Å²) < 4.78 is 49.7. The first-order valence-corrected chi connectivity index (χ1v) is 10.4. The van der Waals surface area contributed by atoms with E-state index in [9.17, 15) is 18.0 Å². The highest BCUT2D eigenvalue weighted by molar-refractivity contribution is 5.94. The molecule has 0 N–H and O–H groups in total. The Kier molecular flexibility index (Phi) is 6.16. The molecule has 0 atom stereocenters. The topological polar surface area (TPSA) is 68.5 Å². The Labute approximate surface area is 183 Å². The maximum Gasteiger partial charge on any atom is 0.416 e. The monoisotopic (exact) mass is 445 g/mol. The number of carbonyl (C=O) groups excluding carboxylic acids is 1. The first-order valence-electron chi connectivity index (χ1n) is 10.4. The summed E-state index contributed by atoms with van der Waals surface area (Å²) in [6.07, 6.45) is -2.92. The zero-order chi connectivity index (χ0) is 22.7. The molecule has 6 nitrogen and oxygen atoms in total. The predicted octanol–water partition coefficient (Wildman–Crippen LogP) is 5.07. The van der Waals surface area contributed by atoms with Gasteiger partial charge in [0.2, 0.25) is 17.6 Å². The Bertz CT molecular complexity index is 1090. The Balaban J connectivity index is 1.41. The summed E-state index contributed by atoms with van der Waals surface area (Å²) in [5.41, 5.74) is 1.14. The minimum atomic E-state index is -4.40. The van der Waals surface area contributed by atoms with E-state index in [0.717, 1.165) is 23.4 Å². The molecule has 9 heteroatoms. The third kappa shape index (κ3) is 4.76. The number of fused-ring (bicyclic) bond motifs is 1. The van der Waals surface area contributed by atoms with Gasteiger partial charge in [0, 0.05) is 30.6 Å². The second-order valence-electron chi connectivity index (χ2n) is 7.46. The van der Waals surface area contributed by atoms with Crippen molar-refractivity contribution in [1.82, 2.24) is 10.1 Å². The molecular weight excluding hydrogens is 423 g/mol. The van der Waals surface area contributed by atoms with Crippen LogP contribution in [0.4, 0.5) is 18.9 Å². The molecule has 3 aromatic rings. The van der Waals surface area contributed by atoms with Crippen molar-refractivity contribution in [3.8, 4) is 17.1 Å². The fourth-order valence-corrected chi connectivity index (χ4v) is 3.72. The predicted molar refractivity (Wildman–Crippen MR) is 111 cm³/mol. The highest BCUT2D eigenvalue weighted by atomic mass is 19.4. The number of halogens is 3. The Morgan fingerprint density at radius 3 is 2.69 bits per heavy atom. The standard InChI is InChI=1S/C23H22F3N3O3/c1-2-31-18-8-5-15(6-9-18)22-27-20(32-28-22)11-12-21(30)29-13-3-4-16-14-17(23(24,25)26)7-10-19(16)29/h5-10,14H,2-4,11-13H2,1H3. The number of hydrogen-bond donors (Lipinski definition) is 0. The number of aromatic nitrogens is 2. The van der Waals surface area contributed by atoms with Crippen LogP contribution in [0.3, 0.4) is 0 Å². The summed E-state index contributed by atoms with van der Waals surface area (Å²) in [5, 5.41) is 3.96. The van der Waals surface area contributed by atoms with Crippen LogP contribution in [0.5, 0.6) is 5.75 Å². The second kappa shape index (κ2) is 9.02. The summed E-state index contributed by atoms with van der Waals surface area (Å²) in [6, 6.07) is 10.8. The molecule has 32 heavy (non-hydrogen) atoms.